The fourth-order valence-corrected chi connectivity index (χ4v) is 3.42. The quantitative estimate of drug-likeness (QED) is 0.666. The van der Waals surface area contributed by atoms with Gasteiger partial charge in [-0.15, -0.1) is 0 Å². The van der Waals surface area contributed by atoms with Gasteiger partial charge in [-0.05, 0) is 48.9 Å². The van der Waals surface area contributed by atoms with E-state index in [0.717, 1.165) is 31.4 Å². The number of hydrogen-bond acceptors (Lipinski definition) is 3. The fraction of sp³-hybridized carbons (Fsp3) is 0.619. The molecule has 5 heteroatoms. The van der Waals surface area contributed by atoms with Crippen molar-refractivity contribution in [2.24, 2.45) is 17.8 Å². The highest BCUT2D eigenvalue weighted by molar-refractivity contribution is 5.96. The molecule has 2 N–H and O–H groups in total. The van der Waals surface area contributed by atoms with Gasteiger partial charge in [0, 0.05) is 30.8 Å². The van der Waals surface area contributed by atoms with Gasteiger partial charge in [-0.1, -0.05) is 33.6 Å². The molecule has 1 fully saturated rings. The molecule has 1 aromatic carbocycles. The van der Waals surface area contributed by atoms with E-state index in [1.54, 1.807) is 31.4 Å². The number of carbonyl (C=O) groups is 2. The summed E-state index contributed by atoms with van der Waals surface area (Å²) in [6, 6.07) is 7.05. The average molecular weight is 360 g/mol. The molecular formula is C21H32N2O3. The number of methoxy groups -OCH3 is 1. The lowest BCUT2D eigenvalue weighted by Gasteiger charge is -2.24. The van der Waals surface area contributed by atoms with E-state index in [-0.39, 0.29) is 23.8 Å². The summed E-state index contributed by atoms with van der Waals surface area (Å²) in [6.07, 6.45) is 4.10. The number of benzene rings is 1. The first-order chi connectivity index (χ1) is 12.5. The van der Waals surface area contributed by atoms with Crippen LogP contribution >= 0.6 is 0 Å². The second-order valence-electron chi connectivity index (χ2n) is 7.28. The van der Waals surface area contributed by atoms with E-state index < -0.39 is 0 Å². The van der Waals surface area contributed by atoms with Crippen LogP contribution in [0.1, 0.15) is 56.8 Å². The number of nitrogens with one attached hydrogen (secondary N) is 2. The van der Waals surface area contributed by atoms with Crippen LogP contribution in [0.3, 0.4) is 0 Å². The fourth-order valence-electron chi connectivity index (χ4n) is 3.42. The van der Waals surface area contributed by atoms with Crippen molar-refractivity contribution in [3.63, 3.8) is 0 Å². The molecule has 3 atom stereocenters. The lowest BCUT2D eigenvalue weighted by molar-refractivity contribution is -0.117. The first-order valence-corrected chi connectivity index (χ1v) is 9.72. The first kappa shape index (κ1) is 20.4. The van der Waals surface area contributed by atoms with E-state index in [4.69, 9.17) is 4.74 Å². The third-order valence-electron chi connectivity index (χ3n) is 5.45. The Morgan fingerprint density at radius 3 is 2.31 bits per heavy atom. The van der Waals surface area contributed by atoms with Crippen LogP contribution in [0.25, 0.3) is 0 Å². The number of rotatable bonds is 10. The maximum atomic E-state index is 12.3. The minimum absolute atomic E-state index is 0.0710. The van der Waals surface area contributed by atoms with E-state index in [0.29, 0.717) is 23.9 Å². The predicted molar refractivity (Wildman–Crippen MR) is 104 cm³/mol. The van der Waals surface area contributed by atoms with E-state index in [1.807, 2.05) is 0 Å². The van der Waals surface area contributed by atoms with Crippen LogP contribution in [0.2, 0.25) is 0 Å². The third-order valence-corrected chi connectivity index (χ3v) is 5.45. The lowest BCUT2D eigenvalue weighted by atomic mass is 9.94. The van der Waals surface area contributed by atoms with Crippen LogP contribution < -0.4 is 10.6 Å². The summed E-state index contributed by atoms with van der Waals surface area (Å²) < 4.78 is 5.57. The van der Waals surface area contributed by atoms with Crippen molar-refractivity contribution in [1.29, 1.82) is 0 Å². The maximum Gasteiger partial charge on any atom is 0.251 e. The van der Waals surface area contributed by atoms with Crippen LogP contribution in [0.5, 0.6) is 0 Å². The summed E-state index contributed by atoms with van der Waals surface area (Å²) in [4.78, 5) is 24.2. The number of hydrogen-bond donors (Lipinski definition) is 2. The van der Waals surface area contributed by atoms with Gasteiger partial charge in [0.1, 0.15) is 0 Å². The Morgan fingerprint density at radius 2 is 1.81 bits per heavy atom. The summed E-state index contributed by atoms with van der Waals surface area (Å²) in [6.45, 7) is 7.01. The second kappa shape index (κ2) is 9.72. The Labute approximate surface area is 156 Å². The summed E-state index contributed by atoms with van der Waals surface area (Å²) >= 11 is 0. The predicted octanol–water partition coefficient (Wildman–Crippen LogP) is 3.85. The zero-order chi connectivity index (χ0) is 19.1. The lowest BCUT2D eigenvalue weighted by Crippen LogP contribution is -2.30. The number of amides is 2. The number of ether oxygens (including phenoxy) is 1. The Kier molecular flexibility index (Phi) is 7.64. The molecule has 2 amide bonds. The van der Waals surface area contributed by atoms with Gasteiger partial charge in [0.2, 0.25) is 5.91 Å². The molecule has 0 bridgehead atoms. The van der Waals surface area contributed by atoms with Crippen molar-refractivity contribution in [2.75, 3.05) is 19.0 Å². The van der Waals surface area contributed by atoms with Gasteiger partial charge < -0.3 is 15.4 Å². The molecule has 0 heterocycles. The maximum absolute atomic E-state index is 12.3. The highest BCUT2D eigenvalue weighted by Gasteiger charge is 2.39. The second-order valence-corrected chi connectivity index (χ2v) is 7.28. The monoisotopic (exact) mass is 360 g/mol. The van der Waals surface area contributed by atoms with Gasteiger partial charge >= 0.3 is 0 Å². The Balaban J connectivity index is 1.79. The Bertz CT molecular complexity index is 596. The molecule has 0 aliphatic heterocycles. The summed E-state index contributed by atoms with van der Waals surface area (Å²) in [5.41, 5.74) is 1.33. The first-order valence-electron chi connectivity index (χ1n) is 9.72. The Hall–Kier alpha value is -1.88. The SMILES string of the molecule is CCC(CC)C(CCNC(=O)c1ccc(NC(=O)C2CC2C)cc1)OC. The van der Waals surface area contributed by atoms with Crippen LogP contribution in [0.4, 0.5) is 5.69 Å². The van der Waals surface area contributed by atoms with Crippen molar-refractivity contribution in [1.82, 2.24) is 5.32 Å². The molecule has 144 valence electrons. The minimum Gasteiger partial charge on any atom is -0.381 e. The Morgan fingerprint density at radius 1 is 1.19 bits per heavy atom. The number of anilines is 1. The van der Waals surface area contributed by atoms with Crippen molar-refractivity contribution in [3.8, 4) is 0 Å². The number of carbonyl (C=O) groups excluding carboxylic acids is 2. The van der Waals surface area contributed by atoms with Crippen molar-refractivity contribution in [2.45, 2.75) is 52.6 Å². The molecular weight excluding hydrogens is 328 g/mol. The van der Waals surface area contributed by atoms with E-state index in [9.17, 15) is 9.59 Å². The summed E-state index contributed by atoms with van der Waals surface area (Å²) in [5.74, 6) is 1.12. The molecule has 5 nitrogen and oxygen atoms in total. The largest absolute Gasteiger partial charge is 0.381 e. The van der Waals surface area contributed by atoms with Gasteiger partial charge in [0.05, 0.1) is 6.10 Å². The molecule has 2 rings (SSSR count). The zero-order valence-electron chi connectivity index (χ0n) is 16.4. The van der Waals surface area contributed by atoms with Crippen LogP contribution in [0, 0.1) is 17.8 Å². The smallest absolute Gasteiger partial charge is 0.251 e. The minimum atomic E-state index is -0.0990. The van der Waals surface area contributed by atoms with Crippen molar-refractivity contribution >= 4 is 17.5 Å². The van der Waals surface area contributed by atoms with Gasteiger partial charge in [-0.2, -0.15) is 0 Å². The van der Waals surface area contributed by atoms with Crippen LogP contribution in [-0.4, -0.2) is 31.6 Å². The summed E-state index contributed by atoms with van der Waals surface area (Å²) in [7, 11) is 1.74. The topological polar surface area (TPSA) is 67.4 Å². The molecule has 0 radical (unpaired) electrons. The molecule has 0 spiro atoms. The van der Waals surface area contributed by atoms with Gasteiger partial charge in [-0.3, -0.25) is 9.59 Å². The average Bonchev–Trinajstić information content (AvgIpc) is 3.38. The molecule has 1 saturated carbocycles. The molecule has 0 saturated heterocycles. The van der Waals surface area contributed by atoms with Crippen LogP contribution in [0.15, 0.2) is 24.3 Å². The van der Waals surface area contributed by atoms with Gasteiger partial charge in [0.15, 0.2) is 0 Å². The van der Waals surface area contributed by atoms with Gasteiger partial charge in [-0.25, -0.2) is 0 Å². The third kappa shape index (κ3) is 5.56. The highest BCUT2D eigenvalue weighted by atomic mass is 16.5. The van der Waals surface area contributed by atoms with Crippen molar-refractivity contribution in [3.05, 3.63) is 29.8 Å². The molecule has 3 unspecified atom stereocenters. The standard InChI is InChI=1S/C21H32N2O3/c1-5-15(6-2)19(26-4)11-12-22-20(24)16-7-9-17(10-8-16)23-21(25)18-13-14(18)3/h7-10,14-15,18-19H,5-6,11-13H2,1-4H3,(H,22,24)(H,23,25). The van der Waals surface area contributed by atoms with E-state index in [1.165, 1.54) is 0 Å². The van der Waals surface area contributed by atoms with Crippen molar-refractivity contribution < 1.29 is 14.3 Å². The molecule has 0 aromatic heterocycles. The van der Waals surface area contributed by atoms with Crippen LogP contribution in [-0.2, 0) is 9.53 Å². The summed E-state index contributed by atoms with van der Waals surface area (Å²) in [5, 5.41) is 5.86. The van der Waals surface area contributed by atoms with Gasteiger partial charge in [0.25, 0.3) is 5.91 Å². The molecule has 1 aromatic rings. The molecule has 1 aliphatic rings. The van der Waals surface area contributed by atoms with E-state index in [2.05, 4.69) is 31.4 Å². The highest BCUT2D eigenvalue weighted by Crippen LogP contribution is 2.38. The zero-order valence-corrected chi connectivity index (χ0v) is 16.4. The molecule has 1 aliphatic carbocycles. The molecule has 26 heavy (non-hydrogen) atoms. The normalized spacial score (nSPS) is 19.9. The van der Waals surface area contributed by atoms with E-state index >= 15 is 0 Å².